The van der Waals surface area contributed by atoms with Crippen LogP contribution in [0.5, 0.6) is 0 Å². The van der Waals surface area contributed by atoms with Crippen LogP contribution in [0.4, 0.5) is 13.2 Å². The van der Waals surface area contributed by atoms with E-state index in [4.69, 9.17) is 15.9 Å². The lowest BCUT2D eigenvalue weighted by Crippen LogP contribution is -2.08. The molecule has 0 amide bonds. The van der Waals surface area contributed by atoms with E-state index < -0.39 is 31.2 Å². The van der Waals surface area contributed by atoms with E-state index in [0.717, 1.165) is 0 Å². The van der Waals surface area contributed by atoms with Gasteiger partial charge in [-0.05, 0) is 28.1 Å². The summed E-state index contributed by atoms with van der Waals surface area (Å²) < 4.78 is 59.1. The van der Waals surface area contributed by atoms with Gasteiger partial charge in [0.05, 0.1) is 11.1 Å². The van der Waals surface area contributed by atoms with Gasteiger partial charge in [0.2, 0.25) is 0 Å². The largest absolute Gasteiger partial charge is 0.416 e. The second-order valence-corrected chi connectivity index (χ2v) is 6.27. The molecule has 1 aromatic carbocycles. The number of benzene rings is 1. The van der Waals surface area contributed by atoms with Gasteiger partial charge in [0.15, 0.2) is 0 Å². The summed E-state index contributed by atoms with van der Waals surface area (Å²) >= 11 is 2.70. The molecule has 0 bridgehead atoms. The summed E-state index contributed by atoms with van der Waals surface area (Å²) in [5.74, 6) is 0. The van der Waals surface area contributed by atoms with Crippen LogP contribution in [0, 0.1) is 11.3 Å². The second kappa shape index (κ2) is 4.48. The Labute approximate surface area is 107 Å². The molecule has 17 heavy (non-hydrogen) atoms. The minimum Gasteiger partial charge on any atom is -0.207 e. The molecule has 0 heterocycles. The first kappa shape index (κ1) is 14.3. The van der Waals surface area contributed by atoms with Crippen molar-refractivity contribution in [3.8, 4) is 6.07 Å². The first-order valence-electron chi connectivity index (χ1n) is 3.83. The van der Waals surface area contributed by atoms with Gasteiger partial charge >= 0.3 is 6.18 Å². The fraction of sp³-hybridized carbons (Fsp3) is 0.125. The van der Waals surface area contributed by atoms with Gasteiger partial charge in [-0.3, -0.25) is 0 Å². The summed E-state index contributed by atoms with van der Waals surface area (Å²) in [6.07, 6.45) is -4.73. The summed E-state index contributed by atoms with van der Waals surface area (Å²) in [5, 5.41) is 8.67. The molecule has 3 nitrogen and oxygen atoms in total. The Kier molecular flexibility index (Phi) is 3.76. The zero-order chi connectivity index (χ0) is 13.4. The van der Waals surface area contributed by atoms with Crippen LogP contribution in [0.3, 0.4) is 0 Å². The summed E-state index contributed by atoms with van der Waals surface area (Å²) in [7, 11) is 0.538. The molecule has 1 aromatic rings. The molecule has 0 N–H and O–H groups in total. The second-order valence-electron chi connectivity index (χ2n) is 2.88. The van der Waals surface area contributed by atoms with Gasteiger partial charge in [0.25, 0.3) is 9.05 Å². The predicted octanol–water partition coefficient (Wildman–Crippen LogP) is 3.27. The molecule has 0 radical (unpaired) electrons. The number of alkyl halides is 3. The lowest BCUT2D eigenvalue weighted by molar-refractivity contribution is -0.137. The predicted molar refractivity (Wildman–Crippen MR) is 56.9 cm³/mol. The van der Waals surface area contributed by atoms with E-state index >= 15 is 0 Å². The van der Waals surface area contributed by atoms with Crippen molar-refractivity contribution in [3.05, 3.63) is 27.7 Å². The Hall–Kier alpha value is -0.780. The zero-order valence-corrected chi connectivity index (χ0v) is 10.9. The van der Waals surface area contributed by atoms with Gasteiger partial charge in [0.1, 0.15) is 11.0 Å². The van der Waals surface area contributed by atoms with Crippen LogP contribution in [-0.4, -0.2) is 8.42 Å². The molecule has 0 saturated heterocycles. The molecular formula is C8H2BrClF3NO2S. The fourth-order valence-corrected chi connectivity index (χ4v) is 2.76. The van der Waals surface area contributed by atoms with Crippen LogP contribution in [0.25, 0.3) is 0 Å². The van der Waals surface area contributed by atoms with Crippen LogP contribution in [0.15, 0.2) is 21.5 Å². The van der Waals surface area contributed by atoms with Crippen molar-refractivity contribution in [1.82, 2.24) is 0 Å². The van der Waals surface area contributed by atoms with Crippen LogP contribution in [-0.2, 0) is 15.2 Å². The molecule has 0 unspecified atom stereocenters. The highest BCUT2D eigenvalue weighted by atomic mass is 79.9. The van der Waals surface area contributed by atoms with Crippen molar-refractivity contribution >= 4 is 35.7 Å². The van der Waals surface area contributed by atoms with Crippen LogP contribution >= 0.6 is 26.6 Å². The summed E-state index contributed by atoms with van der Waals surface area (Å²) in [4.78, 5) is -0.872. The van der Waals surface area contributed by atoms with Gasteiger partial charge in [-0.2, -0.15) is 18.4 Å². The highest BCUT2D eigenvalue weighted by Crippen LogP contribution is 2.36. The van der Waals surface area contributed by atoms with Crippen molar-refractivity contribution < 1.29 is 21.6 Å². The summed E-state index contributed by atoms with van der Waals surface area (Å²) in [6, 6.07) is 2.41. The Bertz CT molecular complexity index is 606. The topological polar surface area (TPSA) is 57.9 Å². The van der Waals surface area contributed by atoms with E-state index in [2.05, 4.69) is 15.9 Å². The molecule has 0 atom stereocenters. The molecule has 0 spiro atoms. The molecule has 0 aromatic heterocycles. The van der Waals surface area contributed by atoms with Gasteiger partial charge in [-0.25, -0.2) is 8.42 Å². The Morgan fingerprint density at radius 2 is 1.88 bits per heavy atom. The van der Waals surface area contributed by atoms with Gasteiger partial charge in [-0.1, -0.05) is 0 Å². The van der Waals surface area contributed by atoms with Crippen molar-refractivity contribution in [3.63, 3.8) is 0 Å². The highest BCUT2D eigenvalue weighted by Gasteiger charge is 2.33. The van der Waals surface area contributed by atoms with Crippen molar-refractivity contribution in [2.45, 2.75) is 11.1 Å². The molecule has 92 valence electrons. The maximum absolute atomic E-state index is 12.4. The number of hydrogen-bond acceptors (Lipinski definition) is 3. The standard InChI is InChI=1S/C8H2BrClF3NO2S/c9-6-1-4(8(11,12)13)2-7(5(6)3-14)17(10,15)16/h1-2H. The molecule has 9 heteroatoms. The number of hydrogen-bond donors (Lipinski definition) is 0. The third kappa shape index (κ3) is 3.12. The highest BCUT2D eigenvalue weighted by molar-refractivity contribution is 9.10. The summed E-state index contributed by atoms with van der Waals surface area (Å²) in [6.45, 7) is 0. The van der Waals surface area contributed by atoms with E-state index in [1.807, 2.05) is 0 Å². The third-order valence-corrected chi connectivity index (χ3v) is 3.73. The average molecular weight is 349 g/mol. The third-order valence-electron chi connectivity index (χ3n) is 1.76. The smallest absolute Gasteiger partial charge is 0.207 e. The molecule has 0 aliphatic carbocycles. The molecule has 0 aliphatic rings. The Balaban J connectivity index is 3.70. The fourth-order valence-electron chi connectivity index (χ4n) is 1.05. The number of nitrogens with zero attached hydrogens (tertiary/aromatic N) is 1. The minimum atomic E-state index is -4.73. The monoisotopic (exact) mass is 347 g/mol. The van der Waals surface area contributed by atoms with Crippen LogP contribution in [0.2, 0.25) is 0 Å². The van der Waals surface area contributed by atoms with Gasteiger partial charge in [0, 0.05) is 15.2 Å². The normalized spacial score (nSPS) is 12.2. The minimum absolute atomic E-state index is 0.283. The van der Waals surface area contributed by atoms with E-state index in [0.29, 0.717) is 12.1 Å². The first-order valence-corrected chi connectivity index (χ1v) is 6.93. The Morgan fingerprint density at radius 3 is 2.24 bits per heavy atom. The average Bonchev–Trinajstić information content (AvgIpc) is 2.13. The molecule has 1 rings (SSSR count). The first-order chi connectivity index (χ1) is 7.57. The molecule has 0 fully saturated rings. The maximum Gasteiger partial charge on any atom is 0.416 e. The van der Waals surface area contributed by atoms with E-state index in [-0.39, 0.29) is 4.47 Å². The SMILES string of the molecule is N#Cc1c(Br)cc(C(F)(F)F)cc1S(=O)(=O)Cl. The van der Waals surface area contributed by atoms with Crippen molar-refractivity contribution in [2.24, 2.45) is 0 Å². The van der Waals surface area contributed by atoms with Crippen molar-refractivity contribution in [1.29, 1.82) is 5.26 Å². The quantitative estimate of drug-likeness (QED) is 0.732. The lowest BCUT2D eigenvalue weighted by atomic mass is 10.1. The van der Waals surface area contributed by atoms with Gasteiger partial charge < -0.3 is 0 Å². The Morgan fingerprint density at radius 1 is 1.35 bits per heavy atom. The number of nitriles is 1. The number of halogens is 5. The van der Waals surface area contributed by atoms with Crippen LogP contribution in [0.1, 0.15) is 11.1 Å². The molecule has 0 saturated carbocycles. The van der Waals surface area contributed by atoms with Crippen LogP contribution < -0.4 is 0 Å². The van der Waals surface area contributed by atoms with Crippen molar-refractivity contribution in [2.75, 3.05) is 0 Å². The van der Waals surface area contributed by atoms with E-state index in [1.165, 1.54) is 6.07 Å². The summed E-state index contributed by atoms with van der Waals surface area (Å²) in [5.41, 5.74) is -1.67. The zero-order valence-electron chi connectivity index (χ0n) is 7.72. The van der Waals surface area contributed by atoms with E-state index in [9.17, 15) is 21.6 Å². The lowest BCUT2D eigenvalue weighted by Gasteiger charge is -2.10. The molecule has 0 aliphatic heterocycles. The van der Waals surface area contributed by atoms with Gasteiger partial charge in [-0.15, -0.1) is 0 Å². The maximum atomic E-state index is 12.4. The van der Waals surface area contributed by atoms with E-state index in [1.54, 1.807) is 0 Å². The molecular weight excluding hydrogens is 347 g/mol. The number of rotatable bonds is 1.